The average molecular weight is 288 g/mol. The number of hydrogen-bond donors (Lipinski definition) is 2. The Balaban J connectivity index is 1.80. The zero-order chi connectivity index (χ0) is 15.2. The van der Waals surface area contributed by atoms with E-state index in [1.165, 1.54) is 25.7 Å². The van der Waals surface area contributed by atoms with Gasteiger partial charge in [-0.2, -0.15) is 0 Å². The van der Waals surface area contributed by atoms with Gasteiger partial charge in [0.2, 0.25) is 0 Å². The van der Waals surface area contributed by atoms with Gasteiger partial charge in [0, 0.05) is 12.2 Å². The highest BCUT2D eigenvalue weighted by molar-refractivity contribution is 6.39. The van der Waals surface area contributed by atoms with Gasteiger partial charge in [0.15, 0.2) is 0 Å². The molecule has 21 heavy (non-hydrogen) atoms. The summed E-state index contributed by atoms with van der Waals surface area (Å²) < 4.78 is 0. The summed E-state index contributed by atoms with van der Waals surface area (Å²) in [4.78, 5) is 23.7. The Morgan fingerprint density at radius 1 is 1.10 bits per heavy atom. The van der Waals surface area contributed by atoms with Gasteiger partial charge in [-0.05, 0) is 37.3 Å². The molecule has 0 spiro atoms. The highest BCUT2D eigenvalue weighted by atomic mass is 16.2. The second kappa shape index (κ2) is 7.25. The fourth-order valence-corrected chi connectivity index (χ4v) is 2.95. The van der Waals surface area contributed by atoms with Crippen molar-refractivity contribution in [2.45, 2.75) is 46.0 Å². The quantitative estimate of drug-likeness (QED) is 0.837. The maximum atomic E-state index is 11.9. The number of para-hydroxylation sites is 1. The third-order valence-corrected chi connectivity index (χ3v) is 4.24. The van der Waals surface area contributed by atoms with Crippen LogP contribution in [-0.4, -0.2) is 18.4 Å². The summed E-state index contributed by atoms with van der Waals surface area (Å²) in [6, 6.07) is 5.77. The molecule has 0 bridgehead atoms. The lowest BCUT2D eigenvalue weighted by molar-refractivity contribution is -0.136. The lowest BCUT2D eigenvalue weighted by atomic mass is 10.0. The predicted molar refractivity (Wildman–Crippen MR) is 84.1 cm³/mol. The number of carbonyl (C=O) groups is 2. The molecule has 2 rings (SSSR count). The van der Waals surface area contributed by atoms with Crippen molar-refractivity contribution >= 4 is 17.5 Å². The monoisotopic (exact) mass is 288 g/mol. The molecule has 114 valence electrons. The standard InChI is InChI=1S/C17H24N2O2/c1-12-6-5-7-13(2)15(12)19-17(21)16(20)18-11-10-14-8-3-4-9-14/h5-7,14H,3-4,8-11H2,1-2H3,(H,18,20)(H,19,21). The molecule has 0 unspecified atom stereocenters. The number of rotatable bonds is 4. The highest BCUT2D eigenvalue weighted by Crippen LogP contribution is 2.26. The summed E-state index contributed by atoms with van der Waals surface area (Å²) in [6.45, 7) is 4.42. The Kier molecular flexibility index (Phi) is 5.37. The Labute approximate surface area is 126 Å². The normalized spacial score (nSPS) is 15.0. The number of hydrogen-bond acceptors (Lipinski definition) is 2. The van der Waals surface area contributed by atoms with Gasteiger partial charge in [-0.15, -0.1) is 0 Å². The number of carbonyl (C=O) groups excluding carboxylic acids is 2. The second-order valence-corrected chi connectivity index (χ2v) is 5.92. The van der Waals surface area contributed by atoms with E-state index < -0.39 is 11.8 Å². The topological polar surface area (TPSA) is 58.2 Å². The van der Waals surface area contributed by atoms with Crippen LogP contribution in [0.15, 0.2) is 18.2 Å². The van der Waals surface area contributed by atoms with Crippen molar-refractivity contribution in [1.82, 2.24) is 5.32 Å². The minimum Gasteiger partial charge on any atom is -0.348 e. The molecule has 0 aromatic heterocycles. The van der Waals surface area contributed by atoms with Gasteiger partial charge in [0.05, 0.1) is 0 Å². The van der Waals surface area contributed by atoms with Gasteiger partial charge >= 0.3 is 11.8 Å². The van der Waals surface area contributed by atoms with Gasteiger partial charge in [-0.1, -0.05) is 43.9 Å². The molecule has 4 heteroatoms. The number of aryl methyl sites for hydroxylation is 2. The van der Waals surface area contributed by atoms with Crippen molar-refractivity contribution in [3.8, 4) is 0 Å². The van der Waals surface area contributed by atoms with E-state index in [9.17, 15) is 9.59 Å². The van der Waals surface area contributed by atoms with E-state index in [4.69, 9.17) is 0 Å². The first-order chi connectivity index (χ1) is 10.1. The summed E-state index contributed by atoms with van der Waals surface area (Å²) >= 11 is 0. The number of anilines is 1. The van der Waals surface area contributed by atoms with E-state index in [1.807, 2.05) is 32.0 Å². The fourth-order valence-electron chi connectivity index (χ4n) is 2.95. The van der Waals surface area contributed by atoms with Crippen molar-refractivity contribution < 1.29 is 9.59 Å². The number of nitrogens with one attached hydrogen (secondary N) is 2. The Morgan fingerprint density at radius 3 is 2.33 bits per heavy atom. The average Bonchev–Trinajstić information content (AvgIpc) is 2.96. The van der Waals surface area contributed by atoms with Gasteiger partial charge in [0.25, 0.3) is 0 Å². The first kappa shape index (κ1) is 15.5. The van der Waals surface area contributed by atoms with Crippen LogP contribution in [0.2, 0.25) is 0 Å². The molecule has 1 saturated carbocycles. The van der Waals surface area contributed by atoms with E-state index in [1.54, 1.807) is 0 Å². The van der Waals surface area contributed by atoms with Crippen LogP contribution in [0, 0.1) is 19.8 Å². The van der Waals surface area contributed by atoms with Gasteiger partial charge in [-0.25, -0.2) is 0 Å². The van der Waals surface area contributed by atoms with E-state index in [0.717, 1.165) is 23.2 Å². The molecule has 0 aliphatic heterocycles. The molecule has 1 aromatic rings. The summed E-state index contributed by atoms with van der Waals surface area (Å²) in [6.07, 6.45) is 6.08. The molecule has 1 aromatic carbocycles. The molecular weight excluding hydrogens is 264 g/mol. The van der Waals surface area contributed by atoms with Crippen molar-refractivity contribution in [2.75, 3.05) is 11.9 Å². The minimum absolute atomic E-state index is 0.546. The summed E-state index contributed by atoms with van der Waals surface area (Å²) in [7, 11) is 0. The Bertz CT molecular complexity index is 499. The summed E-state index contributed by atoms with van der Waals surface area (Å²) in [5.41, 5.74) is 2.65. The molecule has 0 saturated heterocycles. The van der Waals surface area contributed by atoms with Crippen molar-refractivity contribution in [3.05, 3.63) is 29.3 Å². The third-order valence-electron chi connectivity index (χ3n) is 4.24. The van der Waals surface area contributed by atoms with Gasteiger partial charge in [0.1, 0.15) is 0 Å². The molecule has 0 atom stereocenters. The first-order valence-corrected chi connectivity index (χ1v) is 7.73. The van der Waals surface area contributed by atoms with E-state index >= 15 is 0 Å². The maximum absolute atomic E-state index is 11.9. The molecule has 1 aliphatic carbocycles. The van der Waals surface area contributed by atoms with Crippen LogP contribution < -0.4 is 10.6 Å². The Morgan fingerprint density at radius 2 is 1.71 bits per heavy atom. The van der Waals surface area contributed by atoms with E-state index in [-0.39, 0.29) is 0 Å². The molecule has 4 nitrogen and oxygen atoms in total. The lowest BCUT2D eigenvalue weighted by Crippen LogP contribution is -2.36. The zero-order valence-electron chi connectivity index (χ0n) is 12.9. The van der Waals surface area contributed by atoms with Crippen molar-refractivity contribution in [2.24, 2.45) is 5.92 Å². The van der Waals surface area contributed by atoms with Crippen LogP contribution in [0.4, 0.5) is 5.69 Å². The third kappa shape index (κ3) is 4.31. The van der Waals surface area contributed by atoms with Crippen molar-refractivity contribution in [1.29, 1.82) is 0 Å². The number of benzene rings is 1. The van der Waals surface area contributed by atoms with Crippen LogP contribution in [0.25, 0.3) is 0 Å². The summed E-state index contributed by atoms with van der Waals surface area (Å²) in [5, 5.41) is 5.42. The van der Waals surface area contributed by atoms with Gasteiger partial charge in [-0.3, -0.25) is 9.59 Å². The SMILES string of the molecule is Cc1cccc(C)c1NC(=O)C(=O)NCCC1CCCC1. The molecule has 0 radical (unpaired) electrons. The van der Waals surface area contributed by atoms with Crippen molar-refractivity contribution in [3.63, 3.8) is 0 Å². The maximum Gasteiger partial charge on any atom is 0.313 e. The van der Waals surface area contributed by atoms with Crippen LogP contribution in [-0.2, 0) is 9.59 Å². The molecule has 2 amide bonds. The van der Waals surface area contributed by atoms with Gasteiger partial charge < -0.3 is 10.6 Å². The Hall–Kier alpha value is -1.84. The zero-order valence-corrected chi connectivity index (χ0v) is 12.9. The molecule has 0 heterocycles. The molecule has 1 fully saturated rings. The second-order valence-electron chi connectivity index (χ2n) is 5.92. The highest BCUT2D eigenvalue weighted by Gasteiger charge is 2.18. The molecule has 2 N–H and O–H groups in total. The predicted octanol–water partition coefficient (Wildman–Crippen LogP) is 2.94. The smallest absolute Gasteiger partial charge is 0.313 e. The lowest BCUT2D eigenvalue weighted by Gasteiger charge is -2.12. The minimum atomic E-state index is -0.584. The number of amides is 2. The molecular formula is C17H24N2O2. The summed E-state index contributed by atoms with van der Waals surface area (Å²) in [5.74, 6) is -0.415. The van der Waals surface area contributed by atoms with E-state index in [2.05, 4.69) is 10.6 Å². The van der Waals surface area contributed by atoms with E-state index in [0.29, 0.717) is 12.5 Å². The fraction of sp³-hybridized carbons (Fsp3) is 0.529. The van der Waals surface area contributed by atoms with Crippen LogP contribution in [0.5, 0.6) is 0 Å². The van der Waals surface area contributed by atoms with Crippen LogP contribution in [0.3, 0.4) is 0 Å². The van der Waals surface area contributed by atoms with Crippen LogP contribution >= 0.6 is 0 Å². The largest absolute Gasteiger partial charge is 0.348 e. The molecule has 1 aliphatic rings. The van der Waals surface area contributed by atoms with Crippen LogP contribution in [0.1, 0.15) is 43.2 Å². The first-order valence-electron chi connectivity index (χ1n) is 7.73.